The number of hydrogen-bond donors (Lipinski definition) is 2. The summed E-state index contributed by atoms with van der Waals surface area (Å²) in [6.45, 7) is 7.43. The van der Waals surface area contributed by atoms with Gasteiger partial charge < -0.3 is 33.8 Å². The van der Waals surface area contributed by atoms with Gasteiger partial charge in [-0.1, -0.05) is 64.2 Å². The van der Waals surface area contributed by atoms with Gasteiger partial charge >= 0.3 is 6.09 Å². The highest BCUT2D eigenvalue weighted by Gasteiger charge is 2.15. The van der Waals surface area contributed by atoms with Gasteiger partial charge in [-0.05, 0) is 40.0 Å². The molecular weight excluding hydrogens is 521 g/mol. The molecule has 1 atom stereocenters. The molecule has 10 nitrogen and oxygen atoms in total. The Kier molecular flexibility index (Phi) is 20.9. The molecule has 11 heteroatoms. The predicted octanol–water partition coefficient (Wildman–Crippen LogP) is 5.30. The standard InChI is InChI=1S/C28H58N3O7P/c1-28(2,3)38-27(33)30-22-19-21-29-26(32)20-17-15-13-11-9-7-8-10-12-14-16-18-24-36-39(34,35)37-25-23-31(4,5)6/h7-25H2,1-6H3,(H2-,29,30,32,33,34,35). The first-order chi connectivity index (χ1) is 18.2. The van der Waals surface area contributed by atoms with E-state index in [0.29, 0.717) is 37.0 Å². The van der Waals surface area contributed by atoms with Crippen LogP contribution in [0, 0.1) is 0 Å². The SMILES string of the molecule is CC(C)(C)OC(=O)NCCCNC(=O)CCCCCCCCCCCCCCOP(=O)([O-])OCC[N+](C)(C)C. The third-order valence-corrected chi connectivity index (χ3v) is 6.90. The molecule has 0 aromatic rings. The van der Waals surface area contributed by atoms with Crippen molar-refractivity contribution in [1.29, 1.82) is 0 Å². The van der Waals surface area contributed by atoms with Crippen LogP contribution in [0.5, 0.6) is 0 Å². The monoisotopic (exact) mass is 579 g/mol. The van der Waals surface area contributed by atoms with Gasteiger partial charge in [0.25, 0.3) is 7.82 Å². The Hall–Kier alpha value is -1.19. The number of ether oxygens (including phenoxy) is 1. The molecule has 0 saturated heterocycles. The first kappa shape index (κ1) is 37.8. The lowest BCUT2D eigenvalue weighted by molar-refractivity contribution is -0.870. The van der Waals surface area contributed by atoms with Crippen molar-refractivity contribution >= 4 is 19.8 Å². The molecule has 1 unspecified atom stereocenters. The molecule has 0 bridgehead atoms. The molecule has 0 aromatic heterocycles. The summed E-state index contributed by atoms with van der Waals surface area (Å²) in [6, 6.07) is 0. The fraction of sp³-hybridized carbons (Fsp3) is 0.929. The maximum Gasteiger partial charge on any atom is 0.407 e. The molecule has 0 saturated carbocycles. The topological polar surface area (TPSA) is 126 Å². The van der Waals surface area contributed by atoms with E-state index in [1.807, 2.05) is 41.9 Å². The van der Waals surface area contributed by atoms with Gasteiger partial charge in [0, 0.05) is 19.5 Å². The largest absolute Gasteiger partial charge is 0.756 e. The summed E-state index contributed by atoms with van der Waals surface area (Å²) in [5.41, 5.74) is -0.506. The van der Waals surface area contributed by atoms with Crippen LogP contribution in [0.15, 0.2) is 0 Å². The number of phosphoric ester groups is 1. The maximum atomic E-state index is 11.9. The van der Waals surface area contributed by atoms with E-state index in [1.54, 1.807) is 0 Å². The molecule has 39 heavy (non-hydrogen) atoms. The van der Waals surface area contributed by atoms with Gasteiger partial charge in [-0.25, -0.2) is 4.79 Å². The molecule has 0 spiro atoms. The molecule has 2 N–H and O–H groups in total. The number of quaternary nitrogens is 1. The highest BCUT2D eigenvalue weighted by atomic mass is 31.2. The van der Waals surface area contributed by atoms with Gasteiger partial charge in [0.15, 0.2) is 0 Å². The summed E-state index contributed by atoms with van der Waals surface area (Å²) in [5.74, 6) is 0.0738. The Morgan fingerprint density at radius 2 is 1.18 bits per heavy atom. The molecule has 0 aromatic carbocycles. The van der Waals surface area contributed by atoms with Gasteiger partial charge in [-0.15, -0.1) is 0 Å². The zero-order valence-electron chi connectivity index (χ0n) is 25.7. The number of likely N-dealkylation sites (N-methyl/N-ethyl adjacent to an activating group) is 1. The zero-order chi connectivity index (χ0) is 29.6. The lowest BCUT2D eigenvalue weighted by atomic mass is 10.0. The van der Waals surface area contributed by atoms with Crippen LogP contribution in [0.25, 0.3) is 0 Å². The summed E-state index contributed by atoms with van der Waals surface area (Å²) >= 11 is 0. The summed E-state index contributed by atoms with van der Waals surface area (Å²) in [6.07, 6.45) is 14.0. The molecule has 0 heterocycles. The van der Waals surface area contributed by atoms with E-state index in [4.69, 9.17) is 13.8 Å². The summed E-state index contributed by atoms with van der Waals surface area (Å²) < 4.78 is 27.4. The van der Waals surface area contributed by atoms with Crippen LogP contribution in [-0.4, -0.2) is 76.1 Å². The predicted molar refractivity (Wildman–Crippen MR) is 154 cm³/mol. The lowest BCUT2D eigenvalue weighted by Gasteiger charge is -2.27. The Balaban J connectivity index is 3.40. The van der Waals surface area contributed by atoms with Crippen LogP contribution in [0.3, 0.4) is 0 Å². The van der Waals surface area contributed by atoms with Gasteiger partial charge in [-0.3, -0.25) is 9.36 Å². The quantitative estimate of drug-likeness (QED) is 0.0903. The molecule has 2 amide bonds. The molecule has 0 aliphatic rings. The number of phosphoric acid groups is 1. The number of alkyl carbamates (subject to hydrolysis) is 1. The van der Waals surface area contributed by atoms with Gasteiger partial charge in [0.05, 0.1) is 27.7 Å². The van der Waals surface area contributed by atoms with Crippen LogP contribution in [0.4, 0.5) is 4.79 Å². The number of carbonyl (C=O) groups is 2. The first-order valence-electron chi connectivity index (χ1n) is 14.8. The van der Waals surface area contributed by atoms with Gasteiger partial charge in [0.2, 0.25) is 5.91 Å². The number of unbranched alkanes of at least 4 members (excludes halogenated alkanes) is 11. The summed E-state index contributed by atoms with van der Waals surface area (Å²) in [7, 11) is 1.76. The molecular formula is C28H58N3O7P. The summed E-state index contributed by atoms with van der Waals surface area (Å²) in [5, 5.41) is 5.58. The Labute approximate surface area is 238 Å². The highest BCUT2D eigenvalue weighted by molar-refractivity contribution is 7.45. The lowest BCUT2D eigenvalue weighted by Crippen LogP contribution is -2.37. The van der Waals surface area contributed by atoms with Crippen molar-refractivity contribution in [2.24, 2.45) is 0 Å². The van der Waals surface area contributed by atoms with Crippen LogP contribution in [0.2, 0.25) is 0 Å². The zero-order valence-corrected chi connectivity index (χ0v) is 26.6. The van der Waals surface area contributed by atoms with E-state index in [9.17, 15) is 19.0 Å². The van der Waals surface area contributed by atoms with E-state index in [-0.39, 0.29) is 19.1 Å². The number of rotatable bonds is 24. The average molecular weight is 580 g/mol. The normalized spacial score (nSPS) is 13.6. The van der Waals surface area contributed by atoms with Crippen molar-refractivity contribution < 1.29 is 37.3 Å². The Bertz CT molecular complexity index is 694. The van der Waals surface area contributed by atoms with E-state index in [2.05, 4.69) is 10.6 Å². The molecule has 0 fully saturated rings. The van der Waals surface area contributed by atoms with E-state index in [1.165, 1.54) is 38.5 Å². The smallest absolute Gasteiger partial charge is 0.407 e. The third kappa shape index (κ3) is 29.6. The van der Waals surface area contributed by atoms with Crippen molar-refractivity contribution in [1.82, 2.24) is 10.6 Å². The summed E-state index contributed by atoms with van der Waals surface area (Å²) in [4.78, 5) is 35.1. The van der Waals surface area contributed by atoms with Crippen LogP contribution >= 0.6 is 7.82 Å². The number of carbonyl (C=O) groups excluding carboxylic acids is 2. The fourth-order valence-corrected chi connectivity index (χ4v) is 4.44. The molecule has 0 radical (unpaired) electrons. The van der Waals surface area contributed by atoms with E-state index in [0.717, 1.165) is 38.5 Å². The van der Waals surface area contributed by atoms with Crippen molar-refractivity contribution in [3.8, 4) is 0 Å². The minimum Gasteiger partial charge on any atom is -0.756 e. The number of nitrogens with one attached hydrogen (secondary N) is 2. The Morgan fingerprint density at radius 1 is 0.718 bits per heavy atom. The second kappa shape index (κ2) is 21.5. The van der Waals surface area contributed by atoms with Crippen molar-refractivity contribution in [2.75, 3.05) is 54.0 Å². The van der Waals surface area contributed by atoms with Crippen LogP contribution in [-0.2, 0) is 23.1 Å². The molecule has 232 valence electrons. The molecule has 0 aliphatic carbocycles. The highest BCUT2D eigenvalue weighted by Crippen LogP contribution is 2.38. The second-order valence-corrected chi connectivity index (χ2v) is 13.7. The average Bonchev–Trinajstić information content (AvgIpc) is 2.79. The van der Waals surface area contributed by atoms with Gasteiger partial charge in [-0.2, -0.15) is 0 Å². The van der Waals surface area contributed by atoms with Gasteiger partial charge in [0.1, 0.15) is 18.8 Å². The number of amides is 2. The van der Waals surface area contributed by atoms with E-state index >= 15 is 0 Å². The van der Waals surface area contributed by atoms with Crippen LogP contribution in [0.1, 0.15) is 111 Å². The number of nitrogens with zero attached hydrogens (tertiary/aromatic N) is 1. The molecule has 0 rings (SSSR count). The van der Waals surface area contributed by atoms with Crippen molar-refractivity contribution in [3.63, 3.8) is 0 Å². The Morgan fingerprint density at radius 3 is 1.69 bits per heavy atom. The van der Waals surface area contributed by atoms with Crippen molar-refractivity contribution in [2.45, 2.75) is 116 Å². The fourth-order valence-electron chi connectivity index (χ4n) is 3.70. The van der Waals surface area contributed by atoms with E-state index < -0.39 is 19.5 Å². The number of hydrogen-bond acceptors (Lipinski definition) is 7. The maximum absolute atomic E-state index is 11.9. The second-order valence-electron chi connectivity index (χ2n) is 12.3. The molecule has 0 aliphatic heterocycles. The minimum absolute atomic E-state index is 0.0738. The third-order valence-electron chi connectivity index (χ3n) is 5.90. The van der Waals surface area contributed by atoms with Crippen molar-refractivity contribution in [3.05, 3.63) is 0 Å². The van der Waals surface area contributed by atoms with Crippen LogP contribution < -0.4 is 15.5 Å². The minimum atomic E-state index is -4.18. The first-order valence-corrected chi connectivity index (χ1v) is 16.3.